The van der Waals surface area contributed by atoms with Gasteiger partial charge in [-0.05, 0) is 42.4 Å². The van der Waals surface area contributed by atoms with Gasteiger partial charge in [0.2, 0.25) is 0 Å². The Kier molecular flexibility index (Phi) is 10.0. The lowest BCUT2D eigenvalue weighted by molar-refractivity contribution is -0.142. The van der Waals surface area contributed by atoms with E-state index in [9.17, 15) is 62.9 Å². The molecular weight excluding hydrogens is 664 g/mol. The Labute approximate surface area is 257 Å². The van der Waals surface area contributed by atoms with Gasteiger partial charge in [0.05, 0.1) is 34.4 Å². The van der Waals surface area contributed by atoms with Crippen LogP contribution in [-0.4, -0.2) is 58.3 Å². The van der Waals surface area contributed by atoms with Gasteiger partial charge in [-0.25, -0.2) is 9.97 Å². The van der Waals surface area contributed by atoms with Crippen molar-refractivity contribution in [2.75, 3.05) is 33.2 Å². The lowest BCUT2D eigenvalue weighted by atomic mass is 9.98. The minimum atomic E-state index is -5.12. The average Bonchev–Trinajstić information content (AvgIpc) is 2.95. The quantitative estimate of drug-likeness (QED) is 0.128. The molecule has 2 aromatic heterocycles. The summed E-state index contributed by atoms with van der Waals surface area (Å²) in [6.07, 6.45) is -23.4. The van der Waals surface area contributed by atoms with E-state index in [1.165, 1.54) is 11.9 Å². The van der Waals surface area contributed by atoms with E-state index >= 15 is 0 Å². The van der Waals surface area contributed by atoms with Gasteiger partial charge < -0.3 is 20.4 Å². The van der Waals surface area contributed by atoms with Crippen molar-refractivity contribution < 1.29 is 62.9 Å². The molecule has 0 aliphatic carbocycles. The number of hydrogen-bond acceptors (Lipinski definition) is 6. The molecule has 2 heterocycles. The molecule has 0 amide bonds. The van der Waals surface area contributed by atoms with Gasteiger partial charge in [-0.2, -0.15) is 52.7 Å². The Morgan fingerprint density at radius 1 is 0.660 bits per heavy atom. The predicted molar refractivity (Wildman–Crippen MR) is 144 cm³/mol. The second-order valence-corrected chi connectivity index (χ2v) is 10.6. The van der Waals surface area contributed by atoms with Crippen LogP contribution in [0.4, 0.5) is 52.7 Å². The predicted octanol–water partition coefficient (Wildman–Crippen LogP) is 7.15. The SMILES string of the molecule is CN(CCNCC(O)c1cc(C(F)(F)F)nc2c(C(F)(F)F)cccc12)CC(O)c1ccc(C(F)(F)F)c2nc(C(F)(F)F)ccc12. The van der Waals surface area contributed by atoms with Gasteiger partial charge in [0.1, 0.15) is 11.4 Å². The number of pyridine rings is 2. The van der Waals surface area contributed by atoms with Crippen LogP contribution < -0.4 is 5.32 Å². The molecule has 0 bridgehead atoms. The molecule has 0 spiro atoms. The van der Waals surface area contributed by atoms with Gasteiger partial charge in [-0.3, -0.25) is 0 Å². The fourth-order valence-electron chi connectivity index (χ4n) is 4.94. The molecule has 0 fully saturated rings. The van der Waals surface area contributed by atoms with E-state index in [0.717, 1.165) is 24.3 Å². The lowest BCUT2D eigenvalue weighted by Crippen LogP contribution is -2.34. The summed E-state index contributed by atoms with van der Waals surface area (Å²) < 4.78 is 161. The number of nitrogens with one attached hydrogen (secondary N) is 1. The van der Waals surface area contributed by atoms with Crippen LogP contribution in [0.25, 0.3) is 21.8 Å². The minimum absolute atomic E-state index is 0.00742. The molecule has 3 N–H and O–H groups in total. The molecule has 0 radical (unpaired) electrons. The highest BCUT2D eigenvalue weighted by molar-refractivity contribution is 5.87. The van der Waals surface area contributed by atoms with Gasteiger partial charge in [0.25, 0.3) is 0 Å². The number of nitrogens with zero attached hydrogens (tertiary/aromatic N) is 3. The summed E-state index contributed by atoms with van der Waals surface area (Å²) in [5.74, 6) is 0. The third-order valence-electron chi connectivity index (χ3n) is 7.16. The Morgan fingerprint density at radius 2 is 1.21 bits per heavy atom. The zero-order chi connectivity index (χ0) is 35.1. The number of fused-ring (bicyclic) bond motifs is 2. The monoisotopic (exact) mass is 688 g/mol. The maximum Gasteiger partial charge on any atom is 0.433 e. The zero-order valence-electron chi connectivity index (χ0n) is 23.9. The average molecular weight is 689 g/mol. The summed E-state index contributed by atoms with van der Waals surface area (Å²) in [5.41, 5.74) is -8.61. The van der Waals surface area contributed by atoms with Crippen LogP contribution in [-0.2, 0) is 24.7 Å². The first-order valence-electron chi connectivity index (χ1n) is 13.5. The molecule has 18 heteroatoms. The Hall–Kier alpha value is -3.74. The molecular formula is C29H24F12N4O2. The van der Waals surface area contributed by atoms with Crippen LogP contribution in [0.2, 0.25) is 0 Å². The number of halogens is 12. The number of rotatable bonds is 9. The van der Waals surface area contributed by atoms with E-state index < -0.39 is 82.6 Å². The number of alkyl halides is 12. The topological polar surface area (TPSA) is 81.5 Å². The van der Waals surface area contributed by atoms with Crippen molar-refractivity contribution >= 4 is 21.8 Å². The van der Waals surface area contributed by atoms with Gasteiger partial charge in [-0.1, -0.05) is 24.3 Å². The highest BCUT2D eigenvalue weighted by atomic mass is 19.4. The maximum atomic E-state index is 13.5. The molecule has 4 rings (SSSR count). The van der Waals surface area contributed by atoms with E-state index in [4.69, 9.17) is 0 Å². The molecule has 0 saturated carbocycles. The standard InChI is InChI=1S/C29H24F12N4O2/c1-45(13-21(47)14-5-7-19(27(33,34)35)25-16(14)6-8-22(43-25)28(36,37)38)10-9-42-12-20(46)17-11-23(29(39,40)41)44-24-15(17)3-2-4-18(24)26(30,31)32/h2-8,11,20-21,42,46-47H,9-10,12-13H2,1H3. The molecule has 0 aliphatic rings. The molecule has 4 aromatic rings. The molecule has 2 aromatic carbocycles. The van der Waals surface area contributed by atoms with Gasteiger partial charge in [0, 0.05) is 37.0 Å². The van der Waals surface area contributed by atoms with E-state index in [0.29, 0.717) is 24.3 Å². The number of aliphatic hydroxyl groups excluding tert-OH is 2. The number of para-hydroxylation sites is 1. The first-order chi connectivity index (χ1) is 21.6. The smallest absolute Gasteiger partial charge is 0.387 e. The molecule has 256 valence electrons. The fraction of sp³-hybridized carbons (Fsp3) is 0.379. The van der Waals surface area contributed by atoms with E-state index in [1.807, 2.05) is 0 Å². The molecule has 0 aliphatic heterocycles. The third kappa shape index (κ3) is 8.22. The minimum Gasteiger partial charge on any atom is -0.387 e. The zero-order valence-corrected chi connectivity index (χ0v) is 23.9. The summed E-state index contributed by atoms with van der Waals surface area (Å²) in [6, 6.07) is 5.80. The van der Waals surface area contributed by atoms with Crippen molar-refractivity contribution in [2.24, 2.45) is 0 Å². The summed E-state index contributed by atoms with van der Waals surface area (Å²) in [7, 11) is 1.47. The third-order valence-corrected chi connectivity index (χ3v) is 7.16. The normalized spacial score (nSPS) is 14.7. The summed E-state index contributed by atoms with van der Waals surface area (Å²) in [5, 5.41) is 23.5. The fourth-order valence-corrected chi connectivity index (χ4v) is 4.94. The van der Waals surface area contributed by atoms with E-state index in [1.54, 1.807) is 0 Å². The van der Waals surface area contributed by atoms with Crippen LogP contribution >= 0.6 is 0 Å². The summed E-state index contributed by atoms with van der Waals surface area (Å²) in [6.45, 7) is -0.578. The molecule has 2 atom stereocenters. The van der Waals surface area contributed by atoms with Crippen molar-refractivity contribution in [2.45, 2.75) is 36.9 Å². The van der Waals surface area contributed by atoms with E-state index in [2.05, 4.69) is 15.3 Å². The van der Waals surface area contributed by atoms with E-state index in [-0.39, 0.29) is 36.0 Å². The lowest BCUT2D eigenvalue weighted by Gasteiger charge is -2.23. The maximum absolute atomic E-state index is 13.5. The molecule has 6 nitrogen and oxygen atoms in total. The van der Waals surface area contributed by atoms with Crippen LogP contribution in [0, 0.1) is 0 Å². The number of aromatic nitrogens is 2. The van der Waals surface area contributed by atoms with Crippen LogP contribution in [0.1, 0.15) is 45.8 Å². The van der Waals surface area contributed by atoms with Crippen molar-refractivity contribution in [3.8, 4) is 0 Å². The molecule has 0 saturated heterocycles. The van der Waals surface area contributed by atoms with Crippen LogP contribution in [0.3, 0.4) is 0 Å². The summed E-state index contributed by atoms with van der Waals surface area (Å²) >= 11 is 0. The van der Waals surface area contributed by atoms with Crippen molar-refractivity contribution in [3.63, 3.8) is 0 Å². The highest BCUT2D eigenvalue weighted by Gasteiger charge is 2.39. The first-order valence-corrected chi connectivity index (χ1v) is 13.5. The Morgan fingerprint density at radius 3 is 1.79 bits per heavy atom. The Balaban J connectivity index is 1.46. The van der Waals surface area contributed by atoms with Crippen molar-refractivity contribution in [1.29, 1.82) is 0 Å². The van der Waals surface area contributed by atoms with Gasteiger partial charge >= 0.3 is 24.7 Å². The summed E-state index contributed by atoms with van der Waals surface area (Å²) in [4.78, 5) is 7.79. The van der Waals surface area contributed by atoms with Crippen molar-refractivity contribution in [3.05, 3.63) is 82.2 Å². The second kappa shape index (κ2) is 13.0. The number of hydrogen-bond donors (Lipinski definition) is 3. The number of aliphatic hydroxyl groups is 2. The van der Waals surface area contributed by atoms with Crippen LogP contribution in [0.5, 0.6) is 0 Å². The highest BCUT2D eigenvalue weighted by Crippen LogP contribution is 2.40. The molecule has 2 unspecified atom stereocenters. The largest absolute Gasteiger partial charge is 0.433 e. The second-order valence-electron chi connectivity index (χ2n) is 10.6. The molecule has 47 heavy (non-hydrogen) atoms. The van der Waals surface area contributed by atoms with Crippen molar-refractivity contribution in [1.82, 2.24) is 20.2 Å². The van der Waals surface area contributed by atoms with Gasteiger partial charge in [-0.15, -0.1) is 0 Å². The Bertz CT molecular complexity index is 1740. The van der Waals surface area contributed by atoms with Crippen LogP contribution in [0.15, 0.2) is 48.5 Å². The van der Waals surface area contributed by atoms with Gasteiger partial charge in [0.15, 0.2) is 0 Å². The first kappa shape index (κ1) is 36.1. The number of likely N-dealkylation sites (N-methyl/N-ethyl adjacent to an activating group) is 1. The number of benzene rings is 2.